The summed E-state index contributed by atoms with van der Waals surface area (Å²) in [4.78, 5) is 5.74. The molecule has 1 aliphatic rings. The normalized spacial score (nSPS) is 16.5. The fraction of sp³-hybridized carbons (Fsp3) is 0.444. The average molecular weight is 347 g/mol. The van der Waals surface area contributed by atoms with E-state index in [1.165, 1.54) is 5.56 Å². The van der Waals surface area contributed by atoms with E-state index in [1.54, 1.807) is 19.1 Å². The molecule has 2 heterocycles. The van der Waals surface area contributed by atoms with Gasteiger partial charge < -0.3 is 15.2 Å². The van der Waals surface area contributed by atoms with Crippen LogP contribution in [0.3, 0.4) is 0 Å². The van der Waals surface area contributed by atoms with Gasteiger partial charge in [0.05, 0.1) is 16.3 Å². The molecule has 0 amide bonds. The van der Waals surface area contributed by atoms with Gasteiger partial charge in [0.1, 0.15) is 0 Å². The third-order valence-electron chi connectivity index (χ3n) is 4.67. The molecule has 0 saturated carbocycles. The summed E-state index contributed by atoms with van der Waals surface area (Å²) >= 11 is 0. The molecule has 130 valence electrons. The number of piperidine rings is 1. The van der Waals surface area contributed by atoms with Crippen LogP contribution in [-0.2, 0) is 16.4 Å². The first-order chi connectivity index (χ1) is 11.6. The quantitative estimate of drug-likeness (QED) is 0.843. The van der Waals surface area contributed by atoms with Crippen LogP contribution in [0, 0.1) is 0 Å². The number of hydrogen-bond acceptors (Lipinski definition) is 4. The Labute approximate surface area is 144 Å². The van der Waals surface area contributed by atoms with E-state index in [-0.39, 0.29) is 5.75 Å². The van der Waals surface area contributed by atoms with E-state index in [2.05, 4.69) is 21.3 Å². The maximum Gasteiger partial charge on any atom is 0.180 e. The number of rotatable bonds is 6. The number of hydrogen-bond donors (Lipinski definition) is 2. The zero-order valence-corrected chi connectivity index (χ0v) is 14.8. The maximum atomic E-state index is 12.3. The molecule has 0 unspecified atom stereocenters. The van der Waals surface area contributed by atoms with Gasteiger partial charge in [-0.1, -0.05) is 19.1 Å². The van der Waals surface area contributed by atoms with Gasteiger partial charge in [-0.2, -0.15) is 0 Å². The van der Waals surface area contributed by atoms with Crippen LogP contribution in [0.2, 0.25) is 0 Å². The van der Waals surface area contributed by atoms with Crippen molar-refractivity contribution in [3.8, 4) is 0 Å². The first-order valence-corrected chi connectivity index (χ1v) is 10.2. The Morgan fingerprint density at radius 2 is 1.96 bits per heavy atom. The summed E-state index contributed by atoms with van der Waals surface area (Å²) in [6.45, 7) is 4.32. The van der Waals surface area contributed by atoms with Crippen molar-refractivity contribution in [3.63, 3.8) is 0 Å². The molecule has 6 heteroatoms. The first kappa shape index (κ1) is 17.0. The van der Waals surface area contributed by atoms with Gasteiger partial charge in [-0.3, -0.25) is 0 Å². The van der Waals surface area contributed by atoms with Crippen LogP contribution in [0.1, 0.15) is 25.3 Å². The van der Waals surface area contributed by atoms with E-state index in [0.717, 1.165) is 38.2 Å². The Balaban J connectivity index is 1.63. The lowest BCUT2D eigenvalue weighted by molar-refractivity contribution is 0.413. The molecule has 1 saturated heterocycles. The molecular formula is C18H25N3O2S. The van der Waals surface area contributed by atoms with Crippen LogP contribution < -0.4 is 10.2 Å². The van der Waals surface area contributed by atoms with E-state index in [0.29, 0.717) is 10.9 Å². The number of para-hydroxylation sites is 1. The summed E-state index contributed by atoms with van der Waals surface area (Å²) in [6.07, 6.45) is 5.98. The van der Waals surface area contributed by atoms with E-state index in [4.69, 9.17) is 0 Å². The van der Waals surface area contributed by atoms with Gasteiger partial charge in [0.25, 0.3) is 0 Å². The number of anilines is 1. The molecule has 1 aromatic heterocycles. The number of benzene rings is 1. The van der Waals surface area contributed by atoms with Crippen LogP contribution in [0.25, 0.3) is 0 Å². The Morgan fingerprint density at radius 3 is 2.62 bits per heavy atom. The molecule has 5 nitrogen and oxygen atoms in total. The fourth-order valence-electron chi connectivity index (χ4n) is 3.19. The second kappa shape index (κ2) is 7.40. The van der Waals surface area contributed by atoms with E-state index < -0.39 is 9.84 Å². The molecule has 1 aromatic carbocycles. The van der Waals surface area contributed by atoms with Crippen molar-refractivity contribution >= 4 is 15.5 Å². The molecule has 0 aliphatic carbocycles. The number of aromatic amines is 1. The SMILES string of the molecule is CCS(=O)(=O)c1ccccc1N1CCC(NCc2cc[nH]c2)CC1. The predicted octanol–water partition coefficient (Wildman–Crippen LogP) is 2.57. The zero-order chi connectivity index (χ0) is 17.0. The molecule has 2 aromatic rings. The Hall–Kier alpha value is -1.79. The van der Waals surface area contributed by atoms with Crippen LogP contribution in [0.15, 0.2) is 47.6 Å². The minimum absolute atomic E-state index is 0.138. The minimum Gasteiger partial charge on any atom is -0.370 e. The lowest BCUT2D eigenvalue weighted by Gasteiger charge is -2.35. The molecule has 0 bridgehead atoms. The van der Waals surface area contributed by atoms with Crippen molar-refractivity contribution in [2.24, 2.45) is 0 Å². The van der Waals surface area contributed by atoms with Gasteiger partial charge in [0.15, 0.2) is 9.84 Å². The number of aromatic nitrogens is 1. The minimum atomic E-state index is -3.19. The number of nitrogens with zero attached hydrogens (tertiary/aromatic N) is 1. The van der Waals surface area contributed by atoms with Crippen LogP contribution >= 0.6 is 0 Å². The molecule has 1 aliphatic heterocycles. The molecule has 24 heavy (non-hydrogen) atoms. The summed E-state index contributed by atoms with van der Waals surface area (Å²) in [7, 11) is -3.19. The number of nitrogens with one attached hydrogen (secondary N) is 2. The van der Waals surface area contributed by atoms with Gasteiger partial charge in [0.2, 0.25) is 0 Å². The van der Waals surface area contributed by atoms with E-state index in [9.17, 15) is 8.42 Å². The molecule has 3 rings (SSSR count). The highest BCUT2D eigenvalue weighted by Crippen LogP contribution is 2.28. The number of H-pyrrole nitrogens is 1. The smallest absolute Gasteiger partial charge is 0.180 e. The van der Waals surface area contributed by atoms with Crippen LogP contribution in [0.5, 0.6) is 0 Å². The molecule has 0 atom stereocenters. The molecule has 2 N–H and O–H groups in total. The Kier molecular flexibility index (Phi) is 5.26. The van der Waals surface area contributed by atoms with E-state index in [1.807, 2.05) is 24.5 Å². The van der Waals surface area contributed by atoms with Gasteiger partial charge in [-0.25, -0.2) is 8.42 Å². The maximum absolute atomic E-state index is 12.3. The standard InChI is InChI=1S/C18H25N3O2S/c1-2-24(22,23)18-6-4-3-5-17(18)21-11-8-16(9-12-21)20-14-15-7-10-19-13-15/h3-7,10,13,16,19-20H,2,8-9,11-12,14H2,1H3. The van der Waals surface area contributed by atoms with Crippen molar-refractivity contribution in [1.29, 1.82) is 0 Å². The Bertz CT molecular complexity index is 748. The molecule has 0 spiro atoms. The summed E-state index contributed by atoms with van der Waals surface area (Å²) < 4.78 is 24.6. The monoisotopic (exact) mass is 347 g/mol. The summed E-state index contributed by atoms with van der Waals surface area (Å²) in [6, 6.07) is 9.93. The van der Waals surface area contributed by atoms with Crippen molar-refractivity contribution in [2.45, 2.75) is 37.2 Å². The third kappa shape index (κ3) is 3.82. The largest absolute Gasteiger partial charge is 0.370 e. The molecular weight excluding hydrogens is 322 g/mol. The van der Waals surface area contributed by atoms with Crippen molar-refractivity contribution in [3.05, 3.63) is 48.3 Å². The van der Waals surface area contributed by atoms with E-state index >= 15 is 0 Å². The van der Waals surface area contributed by atoms with Crippen molar-refractivity contribution in [2.75, 3.05) is 23.7 Å². The second-order valence-electron chi connectivity index (χ2n) is 6.23. The lowest BCUT2D eigenvalue weighted by atomic mass is 10.0. The summed E-state index contributed by atoms with van der Waals surface area (Å²) in [5.74, 6) is 0.138. The Morgan fingerprint density at radius 1 is 1.21 bits per heavy atom. The van der Waals surface area contributed by atoms with Gasteiger partial charge in [-0.05, 0) is 36.6 Å². The van der Waals surface area contributed by atoms with Crippen LogP contribution in [0.4, 0.5) is 5.69 Å². The zero-order valence-electron chi connectivity index (χ0n) is 14.0. The molecule has 1 fully saturated rings. The van der Waals surface area contributed by atoms with Gasteiger partial charge >= 0.3 is 0 Å². The second-order valence-corrected chi connectivity index (χ2v) is 8.48. The van der Waals surface area contributed by atoms with Crippen molar-refractivity contribution < 1.29 is 8.42 Å². The predicted molar refractivity (Wildman–Crippen MR) is 97.0 cm³/mol. The summed E-state index contributed by atoms with van der Waals surface area (Å²) in [5.41, 5.74) is 2.11. The summed E-state index contributed by atoms with van der Waals surface area (Å²) in [5, 5.41) is 3.59. The van der Waals surface area contributed by atoms with Gasteiger partial charge in [0, 0.05) is 38.1 Å². The number of sulfone groups is 1. The highest BCUT2D eigenvalue weighted by molar-refractivity contribution is 7.91. The fourth-order valence-corrected chi connectivity index (χ4v) is 4.30. The molecule has 0 radical (unpaired) electrons. The topological polar surface area (TPSA) is 65.2 Å². The highest BCUT2D eigenvalue weighted by Gasteiger charge is 2.24. The lowest BCUT2D eigenvalue weighted by Crippen LogP contribution is -2.42. The van der Waals surface area contributed by atoms with Crippen LogP contribution in [-0.4, -0.2) is 38.3 Å². The van der Waals surface area contributed by atoms with Crippen molar-refractivity contribution in [1.82, 2.24) is 10.3 Å². The van der Waals surface area contributed by atoms with Gasteiger partial charge in [-0.15, -0.1) is 0 Å². The third-order valence-corrected chi connectivity index (χ3v) is 6.45. The first-order valence-electron chi connectivity index (χ1n) is 8.52. The average Bonchev–Trinajstić information content (AvgIpc) is 3.14. The highest BCUT2D eigenvalue weighted by atomic mass is 32.2.